The number of ether oxygens (including phenoxy) is 1. The van der Waals surface area contributed by atoms with E-state index in [2.05, 4.69) is 15.6 Å². The smallest absolute Gasteiger partial charge is 0.358 e. The molecule has 7 nitrogen and oxygen atoms in total. The number of anilines is 1. The summed E-state index contributed by atoms with van der Waals surface area (Å²) in [5.74, 6) is -0.784. The van der Waals surface area contributed by atoms with Crippen molar-refractivity contribution in [2.45, 2.75) is 32.7 Å². The van der Waals surface area contributed by atoms with Crippen LogP contribution in [0.15, 0.2) is 0 Å². The number of nitrogens with one attached hydrogen (secondary N) is 2. The van der Waals surface area contributed by atoms with Crippen LogP contribution in [0.3, 0.4) is 0 Å². The molecule has 8 heteroatoms. The number of piperidine rings is 1. The minimum atomic E-state index is -0.594. The van der Waals surface area contributed by atoms with Crippen molar-refractivity contribution in [2.75, 3.05) is 18.5 Å². The maximum atomic E-state index is 11.8. The highest BCUT2D eigenvalue weighted by atomic mass is 32.1. The predicted molar refractivity (Wildman–Crippen MR) is 77.7 cm³/mol. The van der Waals surface area contributed by atoms with E-state index in [0.29, 0.717) is 24.5 Å². The molecule has 1 aromatic heterocycles. The van der Waals surface area contributed by atoms with Gasteiger partial charge in [-0.25, -0.2) is 9.78 Å². The third kappa shape index (κ3) is 3.78. The minimum absolute atomic E-state index is 0.0313. The second-order valence-electron chi connectivity index (χ2n) is 4.66. The van der Waals surface area contributed by atoms with Crippen LogP contribution in [0.5, 0.6) is 0 Å². The lowest BCUT2D eigenvalue weighted by Crippen LogP contribution is -2.41. The van der Waals surface area contributed by atoms with Crippen LogP contribution in [0.1, 0.15) is 46.8 Å². The average molecular weight is 311 g/mol. The van der Waals surface area contributed by atoms with Gasteiger partial charge < -0.3 is 15.4 Å². The van der Waals surface area contributed by atoms with Crippen LogP contribution >= 0.6 is 11.3 Å². The summed E-state index contributed by atoms with van der Waals surface area (Å²) in [6, 6.07) is 0.0451. The van der Waals surface area contributed by atoms with Gasteiger partial charge in [0, 0.05) is 25.9 Å². The first-order chi connectivity index (χ1) is 10.0. The highest BCUT2D eigenvalue weighted by molar-refractivity contribution is 7.17. The standard InChI is InChI=1S/C13H17N3O4S/c1-3-20-12(19)10-11(7(2)17)21-13(16-10)15-8-4-5-9(18)14-6-8/h8H,3-6H2,1-2H3,(H,14,18)(H,15,16). The molecule has 2 N–H and O–H groups in total. The Bertz CT molecular complexity index is 560. The number of ketones is 1. The molecule has 1 amide bonds. The molecule has 0 bridgehead atoms. The Morgan fingerprint density at radius 2 is 2.29 bits per heavy atom. The van der Waals surface area contributed by atoms with E-state index in [1.165, 1.54) is 6.92 Å². The van der Waals surface area contributed by atoms with Crippen LogP contribution in [0, 0.1) is 0 Å². The zero-order valence-electron chi connectivity index (χ0n) is 11.9. The summed E-state index contributed by atoms with van der Waals surface area (Å²) in [4.78, 5) is 39.0. The fraction of sp³-hybridized carbons (Fsp3) is 0.538. The van der Waals surface area contributed by atoms with E-state index in [9.17, 15) is 14.4 Å². The number of amides is 1. The number of hydrogen-bond acceptors (Lipinski definition) is 7. The van der Waals surface area contributed by atoms with Gasteiger partial charge in [-0.3, -0.25) is 9.59 Å². The lowest BCUT2D eigenvalue weighted by molar-refractivity contribution is -0.122. The monoisotopic (exact) mass is 311 g/mol. The first kappa shape index (κ1) is 15.4. The normalized spacial score (nSPS) is 18.0. The molecule has 0 saturated carbocycles. The maximum Gasteiger partial charge on any atom is 0.358 e. The molecule has 1 aliphatic heterocycles. The number of nitrogens with zero attached hydrogens (tertiary/aromatic N) is 1. The maximum absolute atomic E-state index is 11.8. The minimum Gasteiger partial charge on any atom is -0.461 e. The number of carbonyl (C=O) groups is 3. The van der Waals surface area contributed by atoms with Crippen molar-refractivity contribution < 1.29 is 19.1 Å². The summed E-state index contributed by atoms with van der Waals surface area (Å²) in [6.07, 6.45) is 1.14. The Kier molecular flexibility index (Phi) is 4.89. The molecule has 0 aliphatic carbocycles. The van der Waals surface area contributed by atoms with Crippen LogP contribution in [-0.4, -0.2) is 41.8 Å². The van der Waals surface area contributed by atoms with Gasteiger partial charge in [0.15, 0.2) is 16.6 Å². The van der Waals surface area contributed by atoms with Crippen molar-refractivity contribution in [3.05, 3.63) is 10.6 Å². The third-order valence-corrected chi connectivity index (χ3v) is 4.10. The highest BCUT2D eigenvalue weighted by Crippen LogP contribution is 2.25. The first-order valence-electron chi connectivity index (χ1n) is 6.73. The molecule has 2 rings (SSSR count). The quantitative estimate of drug-likeness (QED) is 0.626. The van der Waals surface area contributed by atoms with Crippen molar-refractivity contribution in [3.8, 4) is 0 Å². The Morgan fingerprint density at radius 1 is 1.52 bits per heavy atom. The topological polar surface area (TPSA) is 97.4 Å². The van der Waals surface area contributed by atoms with E-state index >= 15 is 0 Å². The lowest BCUT2D eigenvalue weighted by Gasteiger charge is -2.22. The molecule has 0 aromatic carbocycles. The summed E-state index contributed by atoms with van der Waals surface area (Å²) >= 11 is 1.13. The molecule has 0 radical (unpaired) electrons. The Hall–Kier alpha value is -1.96. The summed E-state index contributed by atoms with van der Waals surface area (Å²) < 4.78 is 4.90. The van der Waals surface area contributed by atoms with E-state index < -0.39 is 5.97 Å². The van der Waals surface area contributed by atoms with Crippen molar-refractivity contribution >= 4 is 34.1 Å². The van der Waals surface area contributed by atoms with Crippen LogP contribution in [0.4, 0.5) is 5.13 Å². The number of carbonyl (C=O) groups excluding carboxylic acids is 3. The van der Waals surface area contributed by atoms with Gasteiger partial charge in [-0.2, -0.15) is 0 Å². The highest BCUT2D eigenvalue weighted by Gasteiger charge is 2.24. The molecule has 21 heavy (non-hydrogen) atoms. The molecule has 2 heterocycles. The summed E-state index contributed by atoms with van der Waals surface area (Å²) in [7, 11) is 0. The SMILES string of the molecule is CCOC(=O)c1nc(NC2CCC(=O)NC2)sc1C(C)=O. The second-order valence-corrected chi connectivity index (χ2v) is 5.66. The predicted octanol–water partition coefficient (Wildman–Crippen LogP) is 1.21. The molecule has 1 saturated heterocycles. The number of rotatable bonds is 5. The van der Waals surface area contributed by atoms with Crippen molar-refractivity contribution in [3.63, 3.8) is 0 Å². The van der Waals surface area contributed by atoms with Crippen molar-refractivity contribution in [1.29, 1.82) is 0 Å². The first-order valence-corrected chi connectivity index (χ1v) is 7.55. The average Bonchev–Trinajstić information content (AvgIpc) is 2.86. The fourth-order valence-corrected chi connectivity index (χ4v) is 2.91. The molecule has 1 aliphatic rings. The molecular formula is C13H17N3O4S. The van der Waals surface area contributed by atoms with Crippen LogP contribution in [0.25, 0.3) is 0 Å². The van der Waals surface area contributed by atoms with Crippen LogP contribution < -0.4 is 10.6 Å². The Morgan fingerprint density at radius 3 is 2.86 bits per heavy atom. The third-order valence-electron chi connectivity index (χ3n) is 3.01. The largest absolute Gasteiger partial charge is 0.461 e. The van der Waals surface area contributed by atoms with Crippen LogP contribution in [0.2, 0.25) is 0 Å². The molecule has 1 aromatic rings. The van der Waals surface area contributed by atoms with E-state index in [-0.39, 0.29) is 34.9 Å². The molecule has 114 valence electrons. The van der Waals surface area contributed by atoms with Gasteiger partial charge in [0.25, 0.3) is 0 Å². The number of Topliss-reactive ketones (excluding diaryl/α,β-unsaturated/α-hetero) is 1. The Balaban J connectivity index is 2.13. The van der Waals surface area contributed by atoms with E-state index in [4.69, 9.17) is 4.74 Å². The number of thiazole rings is 1. The van der Waals surface area contributed by atoms with Gasteiger partial charge >= 0.3 is 5.97 Å². The fourth-order valence-electron chi connectivity index (χ4n) is 1.99. The van der Waals surface area contributed by atoms with Gasteiger partial charge in [-0.15, -0.1) is 0 Å². The number of esters is 1. The van der Waals surface area contributed by atoms with E-state index in [1.807, 2.05) is 0 Å². The molecule has 0 spiro atoms. The van der Waals surface area contributed by atoms with Gasteiger partial charge in [0.2, 0.25) is 5.91 Å². The van der Waals surface area contributed by atoms with E-state index in [0.717, 1.165) is 11.3 Å². The van der Waals surface area contributed by atoms with E-state index in [1.54, 1.807) is 6.92 Å². The van der Waals surface area contributed by atoms with Gasteiger partial charge in [0.1, 0.15) is 4.88 Å². The van der Waals surface area contributed by atoms with Crippen molar-refractivity contribution in [2.24, 2.45) is 0 Å². The summed E-state index contributed by atoms with van der Waals surface area (Å²) in [5, 5.41) is 6.39. The Labute approximate surface area is 126 Å². The van der Waals surface area contributed by atoms with Crippen LogP contribution in [-0.2, 0) is 9.53 Å². The summed E-state index contributed by atoms with van der Waals surface area (Å²) in [5.41, 5.74) is 0.0525. The van der Waals surface area contributed by atoms with Gasteiger partial charge in [-0.05, 0) is 13.3 Å². The number of hydrogen-bond donors (Lipinski definition) is 2. The summed E-state index contributed by atoms with van der Waals surface area (Å²) in [6.45, 7) is 3.82. The lowest BCUT2D eigenvalue weighted by atomic mass is 10.1. The van der Waals surface area contributed by atoms with Crippen molar-refractivity contribution in [1.82, 2.24) is 10.3 Å². The second kappa shape index (κ2) is 6.66. The number of aromatic nitrogens is 1. The molecular weight excluding hydrogens is 294 g/mol. The van der Waals surface area contributed by atoms with Gasteiger partial charge in [0.05, 0.1) is 6.61 Å². The molecule has 1 atom stereocenters. The molecule has 1 unspecified atom stereocenters. The zero-order chi connectivity index (χ0) is 15.4. The zero-order valence-corrected chi connectivity index (χ0v) is 12.7. The van der Waals surface area contributed by atoms with Gasteiger partial charge in [-0.1, -0.05) is 11.3 Å². The molecule has 1 fully saturated rings.